The molecular weight excluding hydrogens is 482 g/mol. The van der Waals surface area contributed by atoms with Crippen LogP contribution in [0.4, 0.5) is 0 Å². The van der Waals surface area contributed by atoms with Gasteiger partial charge in [-0.15, -0.1) is 0 Å². The predicted octanol–water partition coefficient (Wildman–Crippen LogP) is 8.91. The van der Waals surface area contributed by atoms with Crippen molar-refractivity contribution in [3.05, 3.63) is 65.7 Å². The second-order valence-corrected chi connectivity index (χ2v) is 11.7. The van der Waals surface area contributed by atoms with Crippen LogP contribution in [0, 0.1) is 0 Å². The van der Waals surface area contributed by atoms with E-state index in [1.165, 1.54) is 75.3 Å². The number of benzene rings is 2. The van der Waals surface area contributed by atoms with Crippen molar-refractivity contribution in [3.63, 3.8) is 0 Å². The molecule has 0 saturated carbocycles. The number of hydrogen-bond donors (Lipinski definition) is 0. The quantitative estimate of drug-likeness (QED) is 0.0904. The average Bonchev–Trinajstić information content (AvgIpc) is 2.93. The van der Waals surface area contributed by atoms with Crippen LogP contribution in [-0.4, -0.2) is 43.3 Å². The molecule has 0 saturated heterocycles. The summed E-state index contributed by atoms with van der Waals surface area (Å²) in [6, 6.07) is 18.6. The first kappa shape index (κ1) is 32.9. The molecule has 2 rings (SSSR count). The molecule has 4 heteroatoms. The summed E-state index contributed by atoms with van der Waals surface area (Å²) in [5, 5.41) is 0. The van der Waals surface area contributed by atoms with Crippen molar-refractivity contribution in [1.29, 1.82) is 0 Å². The molecule has 0 N–H and O–H groups in total. The van der Waals surface area contributed by atoms with Gasteiger partial charge in [0.1, 0.15) is 25.0 Å². The standard InChI is InChI=1S/C35H56NO3/c1-6-9-10-11-12-13-14-15-16-18-21-30-24-26-33(27-25-30)39-32(7-2)29-38-35(37)34(8-3)36(4,5)28-31-22-19-17-20-23-31/h17,19-20,22-27,32,34H,6-16,18,21,28-29H2,1-5H3/q+1. The third-order valence-electron chi connectivity index (χ3n) is 7.85. The van der Waals surface area contributed by atoms with E-state index in [0.29, 0.717) is 4.48 Å². The molecule has 0 radical (unpaired) electrons. The summed E-state index contributed by atoms with van der Waals surface area (Å²) >= 11 is 0. The second-order valence-electron chi connectivity index (χ2n) is 11.7. The van der Waals surface area contributed by atoms with E-state index in [-0.39, 0.29) is 24.7 Å². The topological polar surface area (TPSA) is 35.5 Å². The number of esters is 1. The zero-order chi connectivity index (χ0) is 28.3. The Morgan fingerprint density at radius 3 is 1.87 bits per heavy atom. The first-order valence-corrected chi connectivity index (χ1v) is 15.7. The largest absolute Gasteiger partial charge is 0.487 e. The summed E-state index contributed by atoms with van der Waals surface area (Å²) in [5.74, 6) is 0.698. The normalized spacial score (nSPS) is 13.2. The lowest BCUT2D eigenvalue weighted by Gasteiger charge is -2.36. The molecular formula is C35H56NO3+. The number of ether oxygens (including phenoxy) is 2. The molecule has 0 aromatic heterocycles. The van der Waals surface area contributed by atoms with Crippen molar-refractivity contribution in [2.75, 3.05) is 20.7 Å². The first-order chi connectivity index (χ1) is 18.9. The van der Waals surface area contributed by atoms with E-state index in [1.807, 2.05) is 18.2 Å². The molecule has 0 aliphatic carbocycles. The van der Waals surface area contributed by atoms with Crippen LogP contribution < -0.4 is 4.74 Å². The summed E-state index contributed by atoms with van der Waals surface area (Å²) in [4.78, 5) is 13.1. The van der Waals surface area contributed by atoms with E-state index in [9.17, 15) is 4.79 Å². The van der Waals surface area contributed by atoms with Gasteiger partial charge in [0.2, 0.25) is 0 Å². The van der Waals surface area contributed by atoms with Gasteiger partial charge in [0.05, 0.1) is 14.1 Å². The summed E-state index contributed by atoms with van der Waals surface area (Å²) in [5.41, 5.74) is 2.59. The third kappa shape index (κ3) is 13.0. The van der Waals surface area contributed by atoms with E-state index in [4.69, 9.17) is 9.47 Å². The Morgan fingerprint density at radius 2 is 1.31 bits per heavy atom. The number of likely N-dealkylation sites (N-methyl/N-ethyl adjacent to an activating group) is 1. The second kappa shape index (κ2) is 18.9. The van der Waals surface area contributed by atoms with Crippen molar-refractivity contribution < 1.29 is 18.8 Å². The lowest BCUT2D eigenvalue weighted by Crippen LogP contribution is -2.52. The van der Waals surface area contributed by atoms with Gasteiger partial charge >= 0.3 is 5.97 Å². The monoisotopic (exact) mass is 538 g/mol. The van der Waals surface area contributed by atoms with E-state index in [1.54, 1.807) is 0 Å². The third-order valence-corrected chi connectivity index (χ3v) is 7.85. The van der Waals surface area contributed by atoms with E-state index < -0.39 is 0 Å². The van der Waals surface area contributed by atoms with Crippen LogP contribution in [0.15, 0.2) is 54.6 Å². The highest BCUT2D eigenvalue weighted by atomic mass is 16.6. The lowest BCUT2D eigenvalue weighted by atomic mass is 10.0. The van der Waals surface area contributed by atoms with Gasteiger partial charge in [-0.2, -0.15) is 0 Å². The maximum atomic E-state index is 13.1. The van der Waals surface area contributed by atoms with Crippen LogP contribution in [0.1, 0.15) is 109 Å². The van der Waals surface area contributed by atoms with Crippen molar-refractivity contribution >= 4 is 5.97 Å². The predicted molar refractivity (Wildman–Crippen MR) is 164 cm³/mol. The minimum atomic E-state index is -0.215. The van der Waals surface area contributed by atoms with Gasteiger partial charge in [-0.05, 0) is 37.0 Å². The zero-order valence-electron chi connectivity index (χ0n) is 25.6. The van der Waals surface area contributed by atoms with Crippen LogP contribution in [0.3, 0.4) is 0 Å². The van der Waals surface area contributed by atoms with Gasteiger partial charge in [-0.25, -0.2) is 4.79 Å². The molecule has 4 nitrogen and oxygen atoms in total. The maximum absolute atomic E-state index is 13.1. The number of rotatable bonds is 21. The Hall–Kier alpha value is -2.33. The fourth-order valence-electron chi connectivity index (χ4n) is 5.36. The van der Waals surface area contributed by atoms with Crippen LogP contribution in [0.5, 0.6) is 5.75 Å². The van der Waals surface area contributed by atoms with E-state index >= 15 is 0 Å². The van der Waals surface area contributed by atoms with Crippen LogP contribution in [-0.2, 0) is 22.5 Å². The molecule has 2 aromatic carbocycles. The summed E-state index contributed by atoms with van der Waals surface area (Å²) in [7, 11) is 4.21. The molecule has 0 fully saturated rings. The Bertz CT molecular complexity index is 894. The molecule has 0 bridgehead atoms. The van der Waals surface area contributed by atoms with E-state index in [0.717, 1.165) is 31.6 Å². The molecule has 0 amide bonds. The van der Waals surface area contributed by atoms with Crippen molar-refractivity contribution in [1.82, 2.24) is 0 Å². The number of unbranched alkanes of at least 4 members (excludes halogenated alkanes) is 9. The molecule has 218 valence electrons. The molecule has 0 aliphatic heterocycles. The van der Waals surface area contributed by atoms with Crippen LogP contribution >= 0.6 is 0 Å². The van der Waals surface area contributed by atoms with Crippen molar-refractivity contribution in [3.8, 4) is 5.75 Å². The Labute approximate surface area is 239 Å². The SMILES string of the molecule is CCCCCCCCCCCCc1ccc(OC(CC)COC(=O)C(CC)[N+](C)(C)Cc2ccccc2)cc1. The number of carbonyl (C=O) groups excluding carboxylic acids is 1. The maximum Gasteiger partial charge on any atom is 0.365 e. The number of carbonyl (C=O) groups is 1. The first-order valence-electron chi connectivity index (χ1n) is 15.7. The van der Waals surface area contributed by atoms with Crippen LogP contribution in [0.25, 0.3) is 0 Å². The van der Waals surface area contributed by atoms with Crippen LogP contribution in [0.2, 0.25) is 0 Å². The number of nitrogens with zero attached hydrogens (tertiary/aromatic N) is 1. The zero-order valence-corrected chi connectivity index (χ0v) is 25.6. The Kier molecular flexibility index (Phi) is 15.9. The lowest BCUT2D eigenvalue weighted by molar-refractivity contribution is -0.919. The highest BCUT2D eigenvalue weighted by Crippen LogP contribution is 2.20. The summed E-state index contributed by atoms with van der Waals surface area (Å²) in [6.07, 6.45) is 16.1. The molecule has 0 spiro atoms. The van der Waals surface area contributed by atoms with Gasteiger partial charge in [-0.1, -0.05) is 121 Å². The molecule has 0 aliphatic rings. The fourth-order valence-corrected chi connectivity index (χ4v) is 5.36. The molecule has 2 atom stereocenters. The van der Waals surface area contributed by atoms with Gasteiger partial charge in [0.15, 0.2) is 6.04 Å². The highest BCUT2D eigenvalue weighted by molar-refractivity contribution is 5.74. The molecule has 2 aromatic rings. The minimum Gasteiger partial charge on any atom is -0.487 e. The summed E-state index contributed by atoms with van der Waals surface area (Å²) < 4.78 is 12.6. The fraction of sp³-hybridized carbons (Fsp3) is 0.629. The van der Waals surface area contributed by atoms with Gasteiger partial charge in [0.25, 0.3) is 0 Å². The molecule has 0 heterocycles. The number of quaternary nitrogens is 1. The minimum absolute atomic E-state index is 0.146. The smallest absolute Gasteiger partial charge is 0.365 e. The van der Waals surface area contributed by atoms with Gasteiger partial charge < -0.3 is 14.0 Å². The van der Waals surface area contributed by atoms with Crippen molar-refractivity contribution in [2.24, 2.45) is 0 Å². The highest BCUT2D eigenvalue weighted by Gasteiger charge is 2.35. The van der Waals surface area contributed by atoms with Crippen molar-refractivity contribution in [2.45, 2.75) is 123 Å². The Balaban J connectivity index is 1.71. The summed E-state index contributed by atoms with van der Waals surface area (Å²) in [6.45, 7) is 7.47. The van der Waals surface area contributed by atoms with Gasteiger partial charge in [0, 0.05) is 12.0 Å². The van der Waals surface area contributed by atoms with E-state index in [2.05, 4.69) is 71.3 Å². The van der Waals surface area contributed by atoms with Gasteiger partial charge in [-0.3, -0.25) is 0 Å². The Morgan fingerprint density at radius 1 is 0.718 bits per heavy atom. The molecule has 39 heavy (non-hydrogen) atoms. The number of hydrogen-bond acceptors (Lipinski definition) is 3. The molecule has 2 unspecified atom stereocenters. The average molecular weight is 539 g/mol. The number of aryl methyl sites for hydroxylation is 1.